The Labute approximate surface area is 185 Å². The molecule has 0 bridgehead atoms. The number of hydrogen-bond acceptors (Lipinski definition) is 4. The average molecular weight is 439 g/mol. The fourth-order valence-electron chi connectivity index (χ4n) is 4.28. The highest BCUT2D eigenvalue weighted by Crippen LogP contribution is 2.43. The van der Waals surface area contributed by atoms with Crippen molar-refractivity contribution in [1.29, 1.82) is 0 Å². The summed E-state index contributed by atoms with van der Waals surface area (Å²) in [4.78, 5) is 27.6. The van der Waals surface area contributed by atoms with Gasteiger partial charge < -0.3 is 19.3 Å². The molecular formula is C24H23ClN2O4. The Bertz CT molecular complexity index is 1230. The number of methoxy groups -OCH3 is 1. The van der Waals surface area contributed by atoms with E-state index in [4.69, 9.17) is 16.3 Å². The number of aliphatic hydroxyl groups is 1. The minimum Gasteiger partial charge on any atom is -0.507 e. The maximum absolute atomic E-state index is 13.1. The van der Waals surface area contributed by atoms with Gasteiger partial charge in [-0.2, -0.15) is 0 Å². The Morgan fingerprint density at radius 3 is 2.65 bits per heavy atom. The molecule has 3 aromatic rings. The largest absolute Gasteiger partial charge is 0.507 e. The van der Waals surface area contributed by atoms with Crippen molar-refractivity contribution in [2.45, 2.75) is 19.4 Å². The van der Waals surface area contributed by atoms with E-state index in [0.717, 1.165) is 16.5 Å². The number of aliphatic hydroxyl groups excluding tert-OH is 1. The molecule has 1 aliphatic heterocycles. The van der Waals surface area contributed by atoms with Gasteiger partial charge in [-0.1, -0.05) is 36.7 Å². The van der Waals surface area contributed by atoms with Gasteiger partial charge in [-0.05, 0) is 30.7 Å². The third-order valence-electron chi connectivity index (χ3n) is 5.64. The lowest BCUT2D eigenvalue weighted by Gasteiger charge is -2.24. The maximum atomic E-state index is 13.1. The molecule has 4 rings (SSSR count). The standard InChI is InChI=1S/C24H23ClN2O4/c1-4-11-27-21(17-13-26(2)18-8-6-5-7-15(17)18)20(23(29)24(27)30)22(28)16-12-14(25)9-10-19(16)31-3/h5-10,12-13,21,28H,4,11H2,1-3H3/b22-20+. The summed E-state index contributed by atoms with van der Waals surface area (Å²) in [6.45, 7) is 2.33. The first-order chi connectivity index (χ1) is 14.9. The third kappa shape index (κ3) is 3.37. The molecule has 1 amide bonds. The Balaban J connectivity index is 2.01. The Kier molecular flexibility index (Phi) is 5.50. The summed E-state index contributed by atoms with van der Waals surface area (Å²) in [6, 6.07) is 11.9. The second-order valence-electron chi connectivity index (χ2n) is 7.55. The molecule has 1 saturated heterocycles. The molecule has 31 heavy (non-hydrogen) atoms. The molecule has 0 radical (unpaired) electrons. The minimum atomic E-state index is -0.717. The molecule has 2 aromatic carbocycles. The molecule has 1 aromatic heterocycles. The smallest absolute Gasteiger partial charge is 0.295 e. The number of fused-ring (bicyclic) bond motifs is 1. The van der Waals surface area contributed by atoms with Gasteiger partial charge in [0.05, 0.1) is 24.3 Å². The van der Waals surface area contributed by atoms with Crippen LogP contribution < -0.4 is 4.74 Å². The van der Waals surface area contributed by atoms with E-state index in [0.29, 0.717) is 23.7 Å². The molecule has 6 nitrogen and oxygen atoms in total. The number of carbonyl (C=O) groups is 2. The molecule has 1 N–H and O–H groups in total. The Morgan fingerprint density at radius 2 is 1.94 bits per heavy atom. The second kappa shape index (κ2) is 8.12. The minimum absolute atomic E-state index is 0.0374. The van der Waals surface area contributed by atoms with Crippen molar-refractivity contribution in [1.82, 2.24) is 9.47 Å². The topological polar surface area (TPSA) is 71.8 Å². The predicted molar refractivity (Wildman–Crippen MR) is 120 cm³/mol. The molecule has 1 aliphatic rings. The van der Waals surface area contributed by atoms with E-state index in [9.17, 15) is 14.7 Å². The summed E-state index contributed by atoms with van der Waals surface area (Å²) in [5.74, 6) is -1.28. The van der Waals surface area contributed by atoms with Crippen LogP contribution in [-0.4, -0.2) is 39.9 Å². The molecular weight excluding hydrogens is 416 g/mol. The van der Waals surface area contributed by atoms with E-state index in [1.807, 2.05) is 49.0 Å². The van der Waals surface area contributed by atoms with E-state index < -0.39 is 17.7 Å². The van der Waals surface area contributed by atoms with Crippen molar-refractivity contribution >= 4 is 40.0 Å². The van der Waals surface area contributed by atoms with Crippen molar-refractivity contribution in [3.8, 4) is 5.75 Å². The van der Waals surface area contributed by atoms with Crippen molar-refractivity contribution in [2.75, 3.05) is 13.7 Å². The molecule has 160 valence electrons. The SMILES string of the molecule is CCCN1C(=O)C(=O)/C(=C(/O)c2cc(Cl)ccc2OC)C1c1cn(C)c2ccccc12. The summed E-state index contributed by atoms with van der Waals surface area (Å²) in [6.07, 6.45) is 2.58. The number of aromatic nitrogens is 1. The summed E-state index contributed by atoms with van der Waals surface area (Å²) >= 11 is 6.15. The van der Waals surface area contributed by atoms with E-state index in [1.165, 1.54) is 18.1 Å². The summed E-state index contributed by atoms with van der Waals surface area (Å²) in [7, 11) is 3.38. The van der Waals surface area contributed by atoms with Crippen molar-refractivity contribution in [2.24, 2.45) is 7.05 Å². The number of halogens is 1. The monoisotopic (exact) mass is 438 g/mol. The highest BCUT2D eigenvalue weighted by Gasteiger charge is 2.46. The van der Waals surface area contributed by atoms with Crippen LogP contribution in [-0.2, 0) is 16.6 Å². The molecule has 1 unspecified atom stereocenters. The van der Waals surface area contributed by atoms with E-state index in [1.54, 1.807) is 12.1 Å². The van der Waals surface area contributed by atoms with E-state index in [-0.39, 0.29) is 16.9 Å². The van der Waals surface area contributed by atoms with Gasteiger partial charge >= 0.3 is 0 Å². The number of likely N-dealkylation sites (tertiary alicyclic amines) is 1. The number of aryl methyl sites for hydroxylation is 1. The van der Waals surface area contributed by atoms with Crippen LogP contribution in [0, 0.1) is 0 Å². The first-order valence-corrected chi connectivity index (χ1v) is 10.4. The summed E-state index contributed by atoms with van der Waals surface area (Å²) in [5.41, 5.74) is 2.07. The zero-order valence-corrected chi connectivity index (χ0v) is 18.3. The van der Waals surface area contributed by atoms with Gasteiger partial charge in [-0.3, -0.25) is 9.59 Å². The predicted octanol–water partition coefficient (Wildman–Crippen LogP) is 4.67. The van der Waals surface area contributed by atoms with Gasteiger partial charge in [0.25, 0.3) is 11.7 Å². The van der Waals surface area contributed by atoms with E-state index in [2.05, 4.69) is 0 Å². The van der Waals surface area contributed by atoms with Crippen LogP contribution in [0.2, 0.25) is 5.02 Å². The summed E-state index contributed by atoms with van der Waals surface area (Å²) < 4.78 is 7.32. The lowest BCUT2D eigenvalue weighted by Crippen LogP contribution is -2.30. The van der Waals surface area contributed by atoms with Crippen molar-refractivity contribution in [3.05, 3.63) is 70.4 Å². The molecule has 0 aliphatic carbocycles. The number of ketones is 1. The van der Waals surface area contributed by atoms with Gasteiger partial charge in [0.2, 0.25) is 0 Å². The highest BCUT2D eigenvalue weighted by atomic mass is 35.5. The number of ether oxygens (including phenoxy) is 1. The molecule has 0 spiro atoms. The van der Waals surface area contributed by atoms with Crippen LogP contribution in [0.15, 0.2) is 54.2 Å². The third-order valence-corrected chi connectivity index (χ3v) is 5.88. The zero-order valence-electron chi connectivity index (χ0n) is 17.6. The molecule has 1 fully saturated rings. The van der Waals surface area contributed by atoms with Gasteiger partial charge in [0.15, 0.2) is 0 Å². The molecule has 7 heteroatoms. The number of hydrogen-bond donors (Lipinski definition) is 1. The van der Waals surface area contributed by atoms with Gasteiger partial charge in [-0.25, -0.2) is 0 Å². The number of amides is 1. The molecule has 0 saturated carbocycles. The van der Waals surface area contributed by atoms with Gasteiger partial charge in [0, 0.05) is 41.3 Å². The Hall–Kier alpha value is -3.25. The normalized spacial score (nSPS) is 18.2. The van der Waals surface area contributed by atoms with Crippen LogP contribution in [0.3, 0.4) is 0 Å². The number of rotatable bonds is 5. The first-order valence-electron chi connectivity index (χ1n) is 10.0. The zero-order chi connectivity index (χ0) is 22.3. The molecule has 2 heterocycles. The second-order valence-corrected chi connectivity index (χ2v) is 7.99. The summed E-state index contributed by atoms with van der Waals surface area (Å²) in [5, 5.41) is 12.6. The number of Topliss-reactive ketones (excluding diaryl/α,β-unsaturated/α-hetero) is 1. The number of nitrogens with zero attached hydrogens (tertiary/aromatic N) is 2. The number of carbonyl (C=O) groups excluding carboxylic acids is 2. The van der Waals surface area contributed by atoms with Crippen molar-refractivity contribution < 1.29 is 19.4 Å². The van der Waals surface area contributed by atoms with Gasteiger partial charge in [0.1, 0.15) is 11.5 Å². The quantitative estimate of drug-likeness (QED) is 0.357. The maximum Gasteiger partial charge on any atom is 0.295 e. The fourth-order valence-corrected chi connectivity index (χ4v) is 4.45. The van der Waals surface area contributed by atoms with Gasteiger partial charge in [-0.15, -0.1) is 0 Å². The lowest BCUT2D eigenvalue weighted by atomic mass is 9.94. The van der Waals surface area contributed by atoms with Crippen LogP contribution in [0.1, 0.15) is 30.5 Å². The van der Waals surface area contributed by atoms with Crippen LogP contribution >= 0.6 is 11.6 Å². The Morgan fingerprint density at radius 1 is 1.19 bits per heavy atom. The van der Waals surface area contributed by atoms with Crippen LogP contribution in [0.25, 0.3) is 16.7 Å². The average Bonchev–Trinajstić information content (AvgIpc) is 3.22. The molecule has 1 atom stereocenters. The van der Waals surface area contributed by atoms with Crippen molar-refractivity contribution in [3.63, 3.8) is 0 Å². The van der Waals surface area contributed by atoms with Crippen LogP contribution in [0.5, 0.6) is 5.75 Å². The highest BCUT2D eigenvalue weighted by molar-refractivity contribution is 6.46. The fraction of sp³-hybridized carbons (Fsp3) is 0.250. The number of benzene rings is 2. The first kappa shape index (κ1) is 21.0. The lowest BCUT2D eigenvalue weighted by molar-refractivity contribution is -0.139. The van der Waals surface area contributed by atoms with Crippen LogP contribution in [0.4, 0.5) is 0 Å². The number of para-hydroxylation sites is 1. The van der Waals surface area contributed by atoms with E-state index >= 15 is 0 Å².